The molecule has 2 N–H and O–H groups in total. The van der Waals surface area contributed by atoms with Crippen molar-refractivity contribution in [2.24, 2.45) is 5.92 Å². The largest absolute Gasteiger partial charge is 0.340 e. The van der Waals surface area contributed by atoms with Crippen molar-refractivity contribution in [3.05, 3.63) is 65.5 Å². The number of rotatable bonds is 6. The van der Waals surface area contributed by atoms with Gasteiger partial charge in [0, 0.05) is 23.5 Å². The van der Waals surface area contributed by atoms with Gasteiger partial charge in [-0.15, -0.1) is 0 Å². The van der Waals surface area contributed by atoms with Crippen molar-refractivity contribution in [2.75, 3.05) is 26.2 Å². The number of hydrogen-bond acceptors (Lipinski definition) is 3. The monoisotopic (exact) mass is 395 g/mol. The molecule has 2 aromatic rings. The summed E-state index contributed by atoms with van der Waals surface area (Å²) in [4.78, 5) is 33.3. The average Bonchev–Trinajstić information content (AvgIpc) is 2.73. The second-order valence-corrected chi connectivity index (χ2v) is 8.12. The predicted octanol–water partition coefficient (Wildman–Crippen LogP) is 1.07. The number of carbonyl (C=O) groups excluding carboxylic acids is 2. The Kier molecular flexibility index (Phi) is 6.99. The molecular formula is C23H31N4O2+. The molecule has 1 aromatic carbocycles. The molecule has 1 aliphatic rings. The minimum atomic E-state index is -0.510. The first-order valence-corrected chi connectivity index (χ1v) is 10.3. The molecule has 0 bridgehead atoms. The summed E-state index contributed by atoms with van der Waals surface area (Å²) < 4.78 is 0. The number of nitrogens with one attached hydrogen (secondary N) is 2. The zero-order chi connectivity index (χ0) is 20.8. The van der Waals surface area contributed by atoms with Crippen molar-refractivity contribution in [1.82, 2.24) is 15.2 Å². The number of amides is 2. The molecule has 2 heterocycles. The first kappa shape index (κ1) is 21.0. The van der Waals surface area contributed by atoms with Crippen molar-refractivity contribution < 1.29 is 14.5 Å². The third kappa shape index (κ3) is 5.41. The van der Waals surface area contributed by atoms with Crippen LogP contribution in [0.3, 0.4) is 0 Å². The molecule has 1 aromatic heterocycles. The highest BCUT2D eigenvalue weighted by Gasteiger charge is 2.32. The van der Waals surface area contributed by atoms with E-state index in [4.69, 9.17) is 0 Å². The number of piperazine rings is 1. The number of hydrogen-bond donors (Lipinski definition) is 2. The summed E-state index contributed by atoms with van der Waals surface area (Å²) in [5.41, 5.74) is 2.80. The van der Waals surface area contributed by atoms with Crippen molar-refractivity contribution in [2.45, 2.75) is 33.4 Å². The van der Waals surface area contributed by atoms with Gasteiger partial charge >= 0.3 is 0 Å². The summed E-state index contributed by atoms with van der Waals surface area (Å²) in [6, 6.07) is 11.0. The van der Waals surface area contributed by atoms with E-state index in [0.29, 0.717) is 18.7 Å². The van der Waals surface area contributed by atoms with Crippen LogP contribution in [0.4, 0.5) is 0 Å². The van der Waals surface area contributed by atoms with E-state index < -0.39 is 6.04 Å². The first-order valence-electron chi connectivity index (χ1n) is 10.3. The molecule has 1 saturated heterocycles. The highest BCUT2D eigenvalue weighted by Crippen LogP contribution is 2.11. The summed E-state index contributed by atoms with van der Waals surface area (Å²) in [5, 5.41) is 2.98. The standard InChI is InChI=1S/C23H30N4O2/c1-17(2)21(25-22(28)20-7-5-4-6-18(20)3)23(29)27-14-12-26(13-15-27)16-19-8-10-24-11-9-19/h4-11,17,21H,12-16H2,1-3H3,(H,25,28)/p+1/t21-/m0/s1. The van der Waals surface area contributed by atoms with Crippen LogP contribution in [0.15, 0.2) is 48.8 Å². The molecule has 1 fully saturated rings. The van der Waals surface area contributed by atoms with Gasteiger partial charge in [-0.1, -0.05) is 32.0 Å². The van der Waals surface area contributed by atoms with Crippen molar-refractivity contribution >= 4 is 11.8 Å². The Bertz CT molecular complexity index is 830. The Balaban J connectivity index is 1.58. The maximum Gasteiger partial charge on any atom is 0.252 e. The van der Waals surface area contributed by atoms with Crippen LogP contribution < -0.4 is 10.2 Å². The van der Waals surface area contributed by atoms with E-state index in [1.807, 2.05) is 68.4 Å². The Morgan fingerprint density at radius 3 is 2.38 bits per heavy atom. The molecule has 0 spiro atoms. The molecular weight excluding hydrogens is 364 g/mol. The second-order valence-electron chi connectivity index (χ2n) is 8.12. The van der Waals surface area contributed by atoms with E-state index in [9.17, 15) is 9.59 Å². The fourth-order valence-corrected chi connectivity index (χ4v) is 3.77. The van der Waals surface area contributed by atoms with Crippen LogP contribution in [0.2, 0.25) is 0 Å². The fourth-order valence-electron chi connectivity index (χ4n) is 3.77. The Morgan fingerprint density at radius 2 is 1.76 bits per heavy atom. The van der Waals surface area contributed by atoms with E-state index in [0.717, 1.165) is 25.2 Å². The lowest BCUT2D eigenvalue weighted by atomic mass is 10.0. The maximum absolute atomic E-state index is 13.2. The lowest BCUT2D eigenvalue weighted by Gasteiger charge is -2.35. The molecule has 6 nitrogen and oxygen atoms in total. The van der Waals surface area contributed by atoms with Crippen LogP contribution in [0.25, 0.3) is 0 Å². The summed E-state index contributed by atoms with van der Waals surface area (Å²) in [7, 11) is 0. The van der Waals surface area contributed by atoms with Gasteiger partial charge in [0.2, 0.25) is 5.91 Å². The zero-order valence-corrected chi connectivity index (χ0v) is 17.5. The van der Waals surface area contributed by atoms with Gasteiger partial charge in [-0.2, -0.15) is 0 Å². The van der Waals surface area contributed by atoms with Crippen LogP contribution in [-0.2, 0) is 11.3 Å². The van der Waals surface area contributed by atoms with Gasteiger partial charge in [-0.3, -0.25) is 14.6 Å². The summed E-state index contributed by atoms with van der Waals surface area (Å²) >= 11 is 0. The summed E-state index contributed by atoms with van der Waals surface area (Å²) in [6.45, 7) is 10.0. The molecule has 2 amide bonds. The van der Waals surface area contributed by atoms with E-state index >= 15 is 0 Å². The fraction of sp³-hybridized carbons (Fsp3) is 0.435. The first-order chi connectivity index (χ1) is 14.0. The quantitative estimate of drug-likeness (QED) is 0.769. The highest BCUT2D eigenvalue weighted by atomic mass is 16.2. The van der Waals surface area contributed by atoms with Crippen molar-refractivity contribution in [1.29, 1.82) is 0 Å². The Morgan fingerprint density at radius 1 is 1.10 bits per heavy atom. The smallest absolute Gasteiger partial charge is 0.252 e. The number of carbonyl (C=O) groups is 2. The molecule has 1 atom stereocenters. The van der Waals surface area contributed by atoms with E-state index in [2.05, 4.69) is 10.3 Å². The highest BCUT2D eigenvalue weighted by molar-refractivity contribution is 5.98. The van der Waals surface area contributed by atoms with Crippen LogP contribution in [0.5, 0.6) is 0 Å². The number of aryl methyl sites for hydroxylation is 1. The van der Waals surface area contributed by atoms with Gasteiger partial charge in [0.25, 0.3) is 5.91 Å². The molecule has 29 heavy (non-hydrogen) atoms. The predicted molar refractivity (Wildman–Crippen MR) is 112 cm³/mol. The molecule has 0 aliphatic carbocycles. The van der Waals surface area contributed by atoms with E-state index in [1.165, 1.54) is 10.5 Å². The van der Waals surface area contributed by atoms with Crippen LogP contribution >= 0.6 is 0 Å². The normalized spacial score (nSPS) is 15.9. The van der Waals surface area contributed by atoms with Crippen molar-refractivity contribution in [3.63, 3.8) is 0 Å². The number of benzene rings is 1. The molecule has 6 heteroatoms. The SMILES string of the molecule is Cc1ccccc1C(=O)N[C@H](C(=O)N1CC[NH+](Cc2ccncc2)CC1)C(C)C. The van der Waals surface area contributed by atoms with Gasteiger partial charge < -0.3 is 15.1 Å². The summed E-state index contributed by atoms with van der Waals surface area (Å²) in [6.07, 6.45) is 3.64. The lowest BCUT2D eigenvalue weighted by molar-refractivity contribution is -0.917. The summed E-state index contributed by atoms with van der Waals surface area (Å²) in [5.74, 6) is -0.139. The average molecular weight is 396 g/mol. The lowest BCUT2D eigenvalue weighted by Crippen LogP contribution is -3.13. The minimum absolute atomic E-state index is 0.0184. The van der Waals surface area contributed by atoms with Gasteiger partial charge in [0.15, 0.2) is 0 Å². The van der Waals surface area contributed by atoms with E-state index in [1.54, 1.807) is 6.07 Å². The molecule has 0 unspecified atom stereocenters. The van der Waals surface area contributed by atoms with Gasteiger partial charge in [-0.05, 0) is 36.6 Å². The van der Waals surface area contributed by atoms with E-state index in [-0.39, 0.29) is 17.7 Å². The van der Waals surface area contributed by atoms with Gasteiger partial charge in [0.1, 0.15) is 12.6 Å². The minimum Gasteiger partial charge on any atom is -0.340 e. The number of quaternary nitrogens is 1. The molecule has 0 saturated carbocycles. The topological polar surface area (TPSA) is 66.7 Å². The third-order valence-corrected chi connectivity index (χ3v) is 5.59. The maximum atomic E-state index is 13.2. The van der Waals surface area contributed by atoms with Gasteiger partial charge in [-0.25, -0.2) is 0 Å². The zero-order valence-electron chi connectivity index (χ0n) is 17.5. The molecule has 0 radical (unpaired) electrons. The van der Waals surface area contributed by atoms with Crippen molar-refractivity contribution in [3.8, 4) is 0 Å². The molecule has 1 aliphatic heterocycles. The van der Waals surface area contributed by atoms with Crippen LogP contribution in [-0.4, -0.2) is 53.9 Å². The number of aromatic nitrogens is 1. The Hall–Kier alpha value is -2.73. The van der Waals surface area contributed by atoms with Crippen LogP contribution in [0, 0.1) is 12.8 Å². The number of pyridine rings is 1. The number of nitrogens with zero attached hydrogens (tertiary/aromatic N) is 2. The van der Waals surface area contributed by atoms with Crippen LogP contribution in [0.1, 0.15) is 35.3 Å². The second kappa shape index (κ2) is 9.65. The van der Waals surface area contributed by atoms with Gasteiger partial charge in [0.05, 0.1) is 26.2 Å². The Labute approximate surface area is 172 Å². The molecule has 154 valence electrons. The third-order valence-electron chi connectivity index (χ3n) is 5.59. The molecule has 3 rings (SSSR count).